The third kappa shape index (κ3) is 3.89. The highest BCUT2D eigenvalue weighted by Gasteiger charge is 2.23. The molecule has 1 heterocycles. The largest absolute Gasteiger partial charge is 0.363 e. The van der Waals surface area contributed by atoms with E-state index in [0.717, 1.165) is 34.5 Å². The molecule has 0 spiro atoms. The van der Waals surface area contributed by atoms with Crippen LogP contribution in [0, 0.1) is 6.92 Å². The van der Waals surface area contributed by atoms with Gasteiger partial charge in [-0.1, -0.05) is 48.5 Å². The van der Waals surface area contributed by atoms with E-state index in [9.17, 15) is 4.79 Å². The molecule has 124 valence electrons. The van der Waals surface area contributed by atoms with Crippen molar-refractivity contribution in [3.8, 4) is 0 Å². The molecule has 1 amide bonds. The summed E-state index contributed by atoms with van der Waals surface area (Å²) in [6, 6.07) is 15.9. The van der Waals surface area contributed by atoms with E-state index in [2.05, 4.69) is 10.3 Å². The minimum absolute atomic E-state index is 0.0537. The third-order valence-corrected chi connectivity index (χ3v) is 4.15. The number of benzene rings is 2. The normalized spacial score (nSPS) is 16.2. The lowest BCUT2D eigenvalue weighted by atomic mass is 9.96. The van der Waals surface area contributed by atoms with Gasteiger partial charge in [0.05, 0.1) is 11.8 Å². The molecule has 24 heavy (non-hydrogen) atoms. The number of nitrogens with one attached hydrogen (secondary N) is 1. The minimum atomic E-state index is -0.111. The van der Waals surface area contributed by atoms with Crippen LogP contribution in [0.1, 0.15) is 36.1 Å². The van der Waals surface area contributed by atoms with Crippen LogP contribution < -0.4 is 5.32 Å². The van der Waals surface area contributed by atoms with Crippen LogP contribution >= 0.6 is 0 Å². The van der Waals surface area contributed by atoms with Gasteiger partial charge in [0.1, 0.15) is 6.61 Å². The molecular weight excluding hydrogens is 300 g/mol. The molecule has 1 aliphatic heterocycles. The van der Waals surface area contributed by atoms with Gasteiger partial charge >= 0.3 is 0 Å². The summed E-state index contributed by atoms with van der Waals surface area (Å²) in [7, 11) is 0. The predicted molar refractivity (Wildman–Crippen MR) is 95.5 cm³/mol. The highest BCUT2D eigenvalue weighted by atomic mass is 16.5. The summed E-state index contributed by atoms with van der Waals surface area (Å²) in [5.41, 5.74) is 5.29. The molecule has 4 nitrogen and oxygen atoms in total. The topological polar surface area (TPSA) is 50.7 Å². The van der Waals surface area contributed by atoms with Gasteiger partial charge in [-0.15, -0.1) is 0 Å². The lowest BCUT2D eigenvalue weighted by molar-refractivity contribution is -0.127. The number of amides is 1. The molecule has 0 aliphatic carbocycles. The molecule has 0 saturated heterocycles. The minimum Gasteiger partial charge on any atom is -0.363 e. The molecule has 0 saturated carbocycles. The summed E-state index contributed by atoms with van der Waals surface area (Å²) < 4.78 is 5.89. The Bertz CT molecular complexity index is 753. The van der Waals surface area contributed by atoms with Crippen LogP contribution in [0.3, 0.4) is 0 Å². The van der Waals surface area contributed by atoms with Crippen LogP contribution in [0.2, 0.25) is 0 Å². The van der Waals surface area contributed by atoms with E-state index in [1.807, 2.05) is 62.4 Å². The number of rotatable bonds is 5. The van der Waals surface area contributed by atoms with Crippen molar-refractivity contribution in [2.45, 2.75) is 32.9 Å². The zero-order chi connectivity index (χ0) is 16.9. The molecule has 1 N–H and O–H groups in total. The number of hydrogen-bond donors (Lipinski definition) is 1. The van der Waals surface area contributed by atoms with Gasteiger partial charge in [-0.05, 0) is 25.0 Å². The van der Waals surface area contributed by atoms with Gasteiger partial charge in [0.15, 0.2) is 0 Å². The maximum atomic E-state index is 12.1. The molecule has 4 heteroatoms. The number of ether oxygens (including phenoxy) is 1. The Morgan fingerprint density at radius 2 is 1.96 bits per heavy atom. The van der Waals surface area contributed by atoms with Crippen LogP contribution in [0.25, 0.3) is 0 Å². The Labute approximate surface area is 142 Å². The van der Waals surface area contributed by atoms with Crippen molar-refractivity contribution in [3.63, 3.8) is 0 Å². The van der Waals surface area contributed by atoms with E-state index in [-0.39, 0.29) is 18.6 Å². The van der Waals surface area contributed by atoms with Gasteiger partial charge < -0.3 is 10.1 Å². The fourth-order valence-corrected chi connectivity index (χ4v) is 2.88. The number of hydrogen-bond acceptors (Lipinski definition) is 3. The molecule has 1 aliphatic rings. The quantitative estimate of drug-likeness (QED) is 0.908. The summed E-state index contributed by atoms with van der Waals surface area (Å²) in [5, 5.41) is 2.89. The van der Waals surface area contributed by atoms with Crippen LogP contribution in [0.4, 0.5) is 5.69 Å². The number of fused-ring (bicyclic) bond motifs is 1. The first-order chi connectivity index (χ1) is 11.6. The van der Waals surface area contributed by atoms with Crippen molar-refractivity contribution in [1.29, 1.82) is 0 Å². The van der Waals surface area contributed by atoms with E-state index < -0.39 is 0 Å². The first kappa shape index (κ1) is 16.4. The second-order valence-electron chi connectivity index (χ2n) is 6.13. The van der Waals surface area contributed by atoms with Crippen LogP contribution in [0.5, 0.6) is 0 Å². The van der Waals surface area contributed by atoms with Crippen molar-refractivity contribution >= 4 is 17.3 Å². The first-order valence-electron chi connectivity index (χ1n) is 8.19. The molecule has 2 aromatic rings. The lowest BCUT2D eigenvalue weighted by Gasteiger charge is -2.24. The molecule has 0 aromatic heterocycles. The number of aryl methyl sites for hydroxylation is 1. The number of aliphatic imine (C=N–C) groups is 1. The Kier molecular flexibility index (Phi) is 5.06. The second kappa shape index (κ2) is 7.41. The number of para-hydroxylation sites is 1. The molecule has 0 fully saturated rings. The zero-order valence-corrected chi connectivity index (χ0v) is 14.1. The van der Waals surface area contributed by atoms with Crippen molar-refractivity contribution in [3.05, 3.63) is 65.2 Å². The summed E-state index contributed by atoms with van der Waals surface area (Å²) >= 11 is 0. The van der Waals surface area contributed by atoms with E-state index in [0.29, 0.717) is 6.54 Å². The Morgan fingerprint density at radius 1 is 1.17 bits per heavy atom. The highest BCUT2D eigenvalue weighted by Crippen LogP contribution is 2.37. The molecular formula is C20H22N2O2. The summed E-state index contributed by atoms with van der Waals surface area (Å²) in [6.07, 6.45) is 0.613. The molecule has 0 radical (unpaired) electrons. The molecule has 3 rings (SSSR count). The maximum absolute atomic E-state index is 12.1. The number of carbonyl (C=O) groups is 1. The van der Waals surface area contributed by atoms with Crippen molar-refractivity contribution in [2.75, 3.05) is 6.61 Å². The standard InChI is InChI=1S/C20H22N2O2/c1-14-7-6-10-17-18(11-15(2)22-20(14)17)24-13-19(23)21-12-16-8-4-3-5-9-16/h3-10,18H,11-13H2,1-2H3,(H,21,23)/t18-/m1/s1. The monoisotopic (exact) mass is 322 g/mol. The summed E-state index contributed by atoms with van der Waals surface area (Å²) in [6.45, 7) is 4.62. The Balaban J connectivity index is 1.58. The van der Waals surface area contributed by atoms with Gasteiger partial charge in [0.2, 0.25) is 5.91 Å². The average molecular weight is 322 g/mol. The van der Waals surface area contributed by atoms with Gasteiger partial charge in [-0.3, -0.25) is 9.79 Å². The molecule has 0 bridgehead atoms. The van der Waals surface area contributed by atoms with Crippen molar-refractivity contribution < 1.29 is 9.53 Å². The van der Waals surface area contributed by atoms with Gasteiger partial charge in [0, 0.05) is 24.2 Å². The van der Waals surface area contributed by atoms with Crippen LogP contribution in [0.15, 0.2) is 53.5 Å². The molecule has 0 unspecified atom stereocenters. The number of nitrogens with zero attached hydrogens (tertiary/aromatic N) is 1. The fourth-order valence-electron chi connectivity index (χ4n) is 2.88. The number of carbonyl (C=O) groups excluding carboxylic acids is 1. The maximum Gasteiger partial charge on any atom is 0.246 e. The van der Waals surface area contributed by atoms with E-state index in [4.69, 9.17) is 4.74 Å². The van der Waals surface area contributed by atoms with Crippen LogP contribution in [-0.2, 0) is 16.1 Å². The van der Waals surface area contributed by atoms with E-state index >= 15 is 0 Å². The van der Waals surface area contributed by atoms with Crippen LogP contribution in [-0.4, -0.2) is 18.2 Å². The lowest BCUT2D eigenvalue weighted by Crippen LogP contribution is -2.28. The van der Waals surface area contributed by atoms with Gasteiger partial charge in [-0.25, -0.2) is 0 Å². The van der Waals surface area contributed by atoms with Crippen molar-refractivity contribution in [1.82, 2.24) is 5.32 Å². The third-order valence-electron chi connectivity index (χ3n) is 4.15. The average Bonchev–Trinajstić information content (AvgIpc) is 2.59. The summed E-state index contributed by atoms with van der Waals surface area (Å²) in [4.78, 5) is 16.7. The highest BCUT2D eigenvalue weighted by molar-refractivity contribution is 5.88. The Morgan fingerprint density at radius 3 is 2.75 bits per heavy atom. The smallest absolute Gasteiger partial charge is 0.246 e. The first-order valence-corrected chi connectivity index (χ1v) is 8.19. The fraction of sp³-hybridized carbons (Fsp3) is 0.300. The molecule has 2 aromatic carbocycles. The van der Waals surface area contributed by atoms with E-state index in [1.165, 1.54) is 0 Å². The van der Waals surface area contributed by atoms with Crippen molar-refractivity contribution in [2.24, 2.45) is 4.99 Å². The zero-order valence-electron chi connectivity index (χ0n) is 14.1. The Hall–Kier alpha value is -2.46. The second-order valence-corrected chi connectivity index (χ2v) is 6.13. The molecule has 1 atom stereocenters. The summed E-state index contributed by atoms with van der Waals surface area (Å²) in [5.74, 6) is -0.103. The van der Waals surface area contributed by atoms with Gasteiger partial charge in [-0.2, -0.15) is 0 Å². The SMILES string of the molecule is CC1=Nc2c(C)cccc2[C@H](OCC(=O)NCc2ccccc2)C1. The van der Waals surface area contributed by atoms with E-state index in [1.54, 1.807) is 0 Å². The predicted octanol–water partition coefficient (Wildman–Crippen LogP) is 3.87. The van der Waals surface area contributed by atoms with Gasteiger partial charge in [0.25, 0.3) is 0 Å².